The first kappa shape index (κ1) is 28.1. The van der Waals surface area contributed by atoms with E-state index in [9.17, 15) is 40.4 Å². The Morgan fingerprint density at radius 3 is 2.31 bits per heavy atom. The number of rotatable bonds is 7. The summed E-state index contributed by atoms with van der Waals surface area (Å²) in [5, 5.41) is -0.490. The zero-order chi connectivity index (χ0) is 26.8. The molecule has 0 saturated carbocycles. The van der Waals surface area contributed by atoms with E-state index in [4.69, 9.17) is 17.3 Å². The molecule has 0 spiro atoms. The average Bonchev–Trinajstić information content (AvgIpc) is 2.78. The van der Waals surface area contributed by atoms with Crippen LogP contribution >= 0.6 is 11.6 Å². The highest BCUT2D eigenvalue weighted by Gasteiger charge is 2.38. The van der Waals surface area contributed by atoms with Gasteiger partial charge < -0.3 is 15.5 Å². The fraction of sp³-hybridized carbons (Fsp3) is 0.550. The van der Waals surface area contributed by atoms with E-state index in [1.807, 2.05) is 4.72 Å². The van der Waals surface area contributed by atoms with Gasteiger partial charge in [-0.2, -0.15) is 17.9 Å². The smallest absolute Gasteiger partial charge is 0.368 e. The molecule has 16 heteroatoms. The first-order chi connectivity index (χ1) is 16.7. The predicted octanol–water partition coefficient (Wildman–Crippen LogP) is 0.835. The van der Waals surface area contributed by atoms with Crippen LogP contribution in [0.3, 0.4) is 0 Å². The molecule has 1 aromatic rings. The number of amides is 3. The highest BCUT2D eigenvalue weighted by atomic mass is 35.5. The van der Waals surface area contributed by atoms with Crippen molar-refractivity contribution in [2.75, 3.05) is 44.2 Å². The molecular formula is C20H24ClF4N5O5S. The average molecular weight is 558 g/mol. The lowest BCUT2D eigenvalue weighted by Crippen LogP contribution is -2.59. The second kappa shape index (κ2) is 10.9. The number of halogens is 5. The molecule has 3 N–H and O–H groups in total. The number of nitrogens with one attached hydrogen (secondary N) is 1. The molecule has 1 aromatic carbocycles. The zero-order valence-corrected chi connectivity index (χ0v) is 20.4. The molecule has 0 aliphatic carbocycles. The summed E-state index contributed by atoms with van der Waals surface area (Å²) in [7, 11) is -4.82. The van der Waals surface area contributed by atoms with E-state index in [1.165, 1.54) is 0 Å². The summed E-state index contributed by atoms with van der Waals surface area (Å²) in [6, 6.07) is -0.647. The normalized spacial score (nSPS) is 18.9. The van der Waals surface area contributed by atoms with Crippen LogP contribution in [-0.2, 0) is 24.4 Å². The molecular weight excluding hydrogens is 534 g/mol. The summed E-state index contributed by atoms with van der Waals surface area (Å²) in [6.45, 7) is -1.72. The summed E-state index contributed by atoms with van der Waals surface area (Å²) >= 11 is 6.24. The van der Waals surface area contributed by atoms with E-state index >= 15 is 0 Å². The maximum absolute atomic E-state index is 14.4. The second-order valence-electron chi connectivity index (χ2n) is 8.41. The number of carbonyl (C=O) groups is 3. The van der Waals surface area contributed by atoms with Crippen molar-refractivity contribution < 1.29 is 40.4 Å². The third kappa shape index (κ3) is 6.63. The van der Waals surface area contributed by atoms with Crippen LogP contribution in [0.4, 0.5) is 23.2 Å². The van der Waals surface area contributed by atoms with E-state index in [1.54, 1.807) is 0 Å². The number of piperazine rings is 1. The number of benzene rings is 1. The highest BCUT2D eigenvalue weighted by molar-refractivity contribution is 7.89. The van der Waals surface area contributed by atoms with Gasteiger partial charge in [0.15, 0.2) is 6.04 Å². The lowest BCUT2D eigenvalue weighted by molar-refractivity contribution is -0.152. The number of nitrogens with two attached hydrogens (primary N) is 1. The summed E-state index contributed by atoms with van der Waals surface area (Å²) in [6.07, 6.45) is -3.06. The Morgan fingerprint density at radius 2 is 1.75 bits per heavy atom. The van der Waals surface area contributed by atoms with Crippen LogP contribution in [0.25, 0.3) is 0 Å². The number of piperidine rings is 1. The maximum atomic E-state index is 14.4. The van der Waals surface area contributed by atoms with Gasteiger partial charge in [0.05, 0.1) is 17.3 Å². The Kier molecular flexibility index (Phi) is 8.48. The van der Waals surface area contributed by atoms with E-state index < -0.39 is 56.3 Å². The van der Waals surface area contributed by atoms with Crippen LogP contribution in [0.2, 0.25) is 5.02 Å². The van der Waals surface area contributed by atoms with Gasteiger partial charge in [-0.15, -0.1) is 0 Å². The molecule has 36 heavy (non-hydrogen) atoms. The van der Waals surface area contributed by atoms with Crippen molar-refractivity contribution in [1.82, 2.24) is 14.5 Å². The molecule has 2 aliphatic heterocycles. The topological polar surface area (TPSA) is 133 Å². The quantitative estimate of drug-likeness (QED) is 0.377. The van der Waals surface area contributed by atoms with Gasteiger partial charge in [-0.3, -0.25) is 19.3 Å². The van der Waals surface area contributed by atoms with Gasteiger partial charge in [0.25, 0.3) is 5.91 Å². The molecule has 1 atom stereocenters. The van der Waals surface area contributed by atoms with E-state index in [2.05, 4.69) is 0 Å². The third-order valence-electron chi connectivity index (χ3n) is 5.78. The Morgan fingerprint density at radius 1 is 1.11 bits per heavy atom. The summed E-state index contributed by atoms with van der Waals surface area (Å²) < 4.78 is 80.1. The van der Waals surface area contributed by atoms with E-state index in [0.717, 1.165) is 20.8 Å². The molecule has 200 valence electrons. The van der Waals surface area contributed by atoms with E-state index in [-0.39, 0.29) is 50.7 Å². The van der Waals surface area contributed by atoms with Crippen LogP contribution in [0.1, 0.15) is 19.3 Å². The Balaban J connectivity index is 1.81. The van der Waals surface area contributed by atoms with Gasteiger partial charge in [-0.1, -0.05) is 11.6 Å². The van der Waals surface area contributed by atoms with Gasteiger partial charge >= 0.3 is 6.18 Å². The summed E-state index contributed by atoms with van der Waals surface area (Å²) in [5.41, 5.74) is 5.06. The number of anilines is 1. The molecule has 0 unspecified atom stereocenters. The zero-order valence-electron chi connectivity index (χ0n) is 18.9. The van der Waals surface area contributed by atoms with Gasteiger partial charge in [0.2, 0.25) is 21.8 Å². The molecule has 3 rings (SSSR count). The van der Waals surface area contributed by atoms with Crippen LogP contribution in [0.15, 0.2) is 17.0 Å². The Bertz CT molecular complexity index is 1140. The number of sulfonamides is 1. The van der Waals surface area contributed by atoms with Crippen molar-refractivity contribution in [3.05, 3.63) is 23.0 Å². The molecule has 0 bridgehead atoms. The number of carbonyl (C=O) groups excluding carboxylic acids is 3. The lowest BCUT2D eigenvalue weighted by Gasteiger charge is -2.36. The fourth-order valence-corrected chi connectivity index (χ4v) is 5.79. The third-order valence-corrected chi connectivity index (χ3v) is 7.74. The van der Waals surface area contributed by atoms with Crippen LogP contribution in [0, 0.1) is 5.82 Å². The van der Waals surface area contributed by atoms with Crippen molar-refractivity contribution in [3.8, 4) is 0 Å². The fourth-order valence-electron chi connectivity index (χ4n) is 4.01. The Hall–Kier alpha value is -2.49. The molecule has 10 nitrogen and oxygen atoms in total. The molecule has 2 saturated heterocycles. The molecule has 0 aromatic heterocycles. The van der Waals surface area contributed by atoms with E-state index in [0.29, 0.717) is 18.9 Å². The number of hydrogen-bond acceptors (Lipinski definition) is 6. The first-order valence-corrected chi connectivity index (χ1v) is 12.7. The Labute approximate surface area is 209 Å². The minimum atomic E-state index is -4.82. The minimum Gasteiger partial charge on any atom is -0.368 e. The molecule has 2 fully saturated rings. The largest absolute Gasteiger partial charge is 0.401 e. The number of alkyl halides is 3. The van der Waals surface area contributed by atoms with Gasteiger partial charge in [-0.25, -0.2) is 12.8 Å². The number of primary amides is 1. The van der Waals surface area contributed by atoms with Crippen molar-refractivity contribution in [1.29, 1.82) is 0 Å². The van der Waals surface area contributed by atoms with Crippen molar-refractivity contribution in [3.63, 3.8) is 0 Å². The monoisotopic (exact) mass is 557 g/mol. The van der Waals surface area contributed by atoms with Gasteiger partial charge in [0, 0.05) is 39.1 Å². The molecule has 0 radical (unpaired) electrons. The summed E-state index contributed by atoms with van der Waals surface area (Å²) in [4.78, 5) is 39.5. The van der Waals surface area contributed by atoms with Crippen LogP contribution < -0.4 is 15.4 Å². The molecule has 2 heterocycles. The summed E-state index contributed by atoms with van der Waals surface area (Å²) in [5.74, 6) is -3.85. The maximum Gasteiger partial charge on any atom is 0.401 e. The standard InChI is InChI=1S/C20H24ClF4N5O5S/c21-16-13(30-4-2-1-3-15(30)31)9-12(22)10-14(16)36(34,35)27-17(18(26)32)19(33)29-7-5-28(6-8-29)11-20(23,24)25/h9-10,17,27H,1-8,11H2,(H2,26,32)/t17-/m0/s1. The van der Waals surface area contributed by atoms with Crippen LogP contribution in [-0.4, -0.2) is 87.4 Å². The number of hydrogen-bond donors (Lipinski definition) is 2. The van der Waals surface area contributed by atoms with Crippen LogP contribution in [0.5, 0.6) is 0 Å². The second-order valence-corrected chi connectivity index (χ2v) is 10.5. The van der Waals surface area contributed by atoms with Gasteiger partial charge in [-0.05, 0) is 25.0 Å². The predicted molar refractivity (Wildman–Crippen MR) is 120 cm³/mol. The molecule has 3 amide bonds. The molecule has 2 aliphatic rings. The van der Waals surface area contributed by atoms with Crippen molar-refractivity contribution in [2.24, 2.45) is 5.73 Å². The number of nitrogens with zero attached hydrogens (tertiary/aromatic N) is 3. The van der Waals surface area contributed by atoms with Crippen molar-refractivity contribution >= 4 is 45.0 Å². The van der Waals surface area contributed by atoms with Gasteiger partial charge in [0.1, 0.15) is 10.7 Å². The highest BCUT2D eigenvalue weighted by Crippen LogP contribution is 2.35. The SMILES string of the molecule is NC(=O)[C@H](NS(=O)(=O)c1cc(F)cc(N2CCCCC2=O)c1Cl)C(=O)N1CCN(CC(F)(F)F)CC1. The van der Waals surface area contributed by atoms with Crippen molar-refractivity contribution in [2.45, 2.75) is 36.4 Å². The first-order valence-electron chi connectivity index (χ1n) is 10.9. The minimum absolute atomic E-state index is 0.160. The lowest BCUT2D eigenvalue weighted by atomic mass is 10.1.